The molecule has 0 fully saturated rings. The molecule has 0 spiro atoms. The smallest absolute Gasteiger partial charge is 0.336 e. The summed E-state index contributed by atoms with van der Waals surface area (Å²) in [5.41, 5.74) is 7.82. The van der Waals surface area contributed by atoms with Gasteiger partial charge in [-0.2, -0.15) is 0 Å². The fraction of sp³-hybridized carbons (Fsp3) is 0.0303. The van der Waals surface area contributed by atoms with Crippen LogP contribution in [0.5, 0.6) is 11.5 Å². The molecule has 0 saturated carbocycles. The molecular weight excluding hydrogens is 618 g/mol. The number of carboxylic acid groups (broad SMARTS) is 1. The van der Waals surface area contributed by atoms with Gasteiger partial charge in [-0.05, 0) is 94.9 Å². The number of ether oxygens (including phenoxy) is 1. The normalized spacial score (nSPS) is 11.5. The number of nitrogen functional groups attached to an aromatic ring is 1. The van der Waals surface area contributed by atoms with Crippen LogP contribution < -0.4 is 15.2 Å². The summed E-state index contributed by atoms with van der Waals surface area (Å²) in [6, 6.07) is 27.2. The lowest BCUT2D eigenvalue weighted by Gasteiger charge is -2.16. The van der Waals surface area contributed by atoms with Gasteiger partial charge in [0.25, 0.3) is 10.0 Å². The standard InChI is InChI=1S/C33H24ClN3O5S2/c1-18-27-16-22(34)9-13-30(27)43-33(18)44(40,41)37-23-10-12-29(28(17-23)25-4-2-3-5-26(25)32(38)39)42-24-11-8-19-14-21(31(35)36)7-6-20(19)15-24/h2-17,37H,1H3,(H3,35,36)(H,38,39). The number of aromatic carboxylic acids is 1. The van der Waals surface area contributed by atoms with Crippen molar-refractivity contribution in [3.05, 3.63) is 119 Å². The van der Waals surface area contributed by atoms with Gasteiger partial charge in [0.15, 0.2) is 0 Å². The van der Waals surface area contributed by atoms with E-state index in [1.807, 2.05) is 24.3 Å². The summed E-state index contributed by atoms with van der Waals surface area (Å²) in [4.78, 5) is 12.1. The second kappa shape index (κ2) is 11.3. The van der Waals surface area contributed by atoms with Gasteiger partial charge in [-0.25, -0.2) is 13.2 Å². The molecule has 0 aliphatic carbocycles. The minimum Gasteiger partial charge on any atom is -0.478 e. The molecule has 1 aromatic heterocycles. The highest BCUT2D eigenvalue weighted by molar-refractivity contribution is 7.94. The van der Waals surface area contributed by atoms with Crippen molar-refractivity contribution in [2.75, 3.05) is 4.72 Å². The average Bonchev–Trinajstić information content (AvgIpc) is 3.33. The Morgan fingerprint density at radius 2 is 1.68 bits per heavy atom. The molecule has 0 atom stereocenters. The van der Waals surface area contributed by atoms with Gasteiger partial charge in [0, 0.05) is 26.5 Å². The number of hydrogen-bond acceptors (Lipinski definition) is 6. The third kappa shape index (κ3) is 5.58. The number of amidine groups is 1. The summed E-state index contributed by atoms with van der Waals surface area (Å²) >= 11 is 7.29. The molecule has 0 radical (unpaired) electrons. The lowest BCUT2D eigenvalue weighted by atomic mass is 9.98. The lowest BCUT2D eigenvalue weighted by Crippen LogP contribution is -2.12. The summed E-state index contributed by atoms with van der Waals surface area (Å²) < 4.78 is 37.1. The van der Waals surface area contributed by atoms with Crippen LogP contribution in [0.25, 0.3) is 32.0 Å². The van der Waals surface area contributed by atoms with E-state index in [1.54, 1.807) is 73.7 Å². The minimum absolute atomic E-state index is 0.0309. The van der Waals surface area contributed by atoms with Crippen LogP contribution in [0.1, 0.15) is 21.5 Å². The Labute approximate surface area is 261 Å². The van der Waals surface area contributed by atoms with Crippen LogP contribution in [0.2, 0.25) is 5.02 Å². The van der Waals surface area contributed by atoms with Crippen LogP contribution in [0.15, 0.2) is 101 Å². The predicted octanol–water partition coefficient (Wildman–Crippen LogP) is 8.26. The predicted molar refractivity (Wildman–Crippen MR) is 176 cm³/mol. The number of nitrogens with one attached hydrogen (secondary N) is 2. The number of aryl methyl sites for hydroxylation is 1. The summed E-state index contributed by atoms with van der Waals surface area (Å²) in [6.45, 7) is 1.74. The molecule has 6 rings (SSSR count). The van der Waals surface area contributed by atoms with Crippen molar-refractivity contribution >= 4 is 71.3 Å². The Hall–Kier alpha value is -4.90. The summed E-state index contributed by atoms with van der Waals surface area (Å²) in [7, 11) is -4.01. The molecule has 0 amide bonds. The number of sulfonamides is 1. The molecule has 0 aliphatic rings. The van der Waals surface area contributed by atoms with Crippen molar-refractivity contribution in [2.24, 2.45) is 5.73 Å². The molecule has 5 N–H and O–H groups in total. The molecular formula is C33H24ClN3O5S2. The first kappa shape index (κ1) is 29.2. The first-order chi connectivity index (χ1) is 21.0. The Morgan fingerprint density at radius 1 is 0.932 bits per heavy atom. The fourth-order valence-electron chi connectivity index (χ4n) is 5.01. The van der Waals surface area contributed by atoms with E-state index < -0.39 is 16.0 Å². The van der Waals surface area contributed by atoms with Crippen molar-refractivity contribution in [3.8, 4) is 22.6 Å². The van der Waals surface area contributed by atoms with Gasteiger partial charge < -0.3 is 15.6 Å². The lowest BCUT2D eigenvalue weighted by molar-refractivity contribution is 0.0697. The monoisotopic (exact) mass is 641 g/mol. The number of halogens is 1. The number of fused-ring (bicyclic) bond motifs is 2. The van der Waals surface area contributed by atoms with Gasteiger partial charge >= 0.3 is 5.97 Å². The zero-order valence-electron chi connectivity index (χ0n) is 23.1. The summed E-state index contributed by atoms with van der Waals surface area (Å²) in [5.74, 6) is -0.357. The number of anilines is 1. The number of hydrogen-bond donors (Lipinski definition) is 4. The van der Waals surface area contributed by atoms with Crippen molar-refractivity contribution in [1.29, 1.82) is 5.41 Å². The second-order valence-electron chi connectivity index (χ2n) is 10.1. The molecule has 1 heterocycles. The minimum atomic E-state index is -4.01. The number of carbonyl (C=O) groups is 1. The maximum absolute atomic E-state index is 13.6. The summed E-state index contributed by atoms with van der Waals surface area (Å²) in [6.07, 6.45) is 0. The molecule has 11 heteroatoms. The number of thiophene rings is 1. The van der Waals surface area contributed by atoms with E-state index in [-0.39, 0.29) is 21.3 Å². The SMILES string of the molecule is Cc1c(S(=O)(=O)Nc2ccc(Oc3ccc4cc(C(=N)N)ccc4c3)c(-c3ccccc3C(=O)O)c2)sc2ccc(Cl)cc12. The molecule has 6 aromatic rings. The van der Waals surface area contributed by atoms with Gasteiger partial charge in [-0.15, -0.1) is 11.3 Å². The highest BCUT2D eigenvalue weighted by atomic mass is 35.5. The third-order valence-corrected chi connectivity index (χ3v) is 10.6. The van der Waals surface area contributed by atoms with Crippen molar-refractivity contribution < 1.29 is 23.1 Å². The van der Waals surface area contributed by atoms with Gasteiger partial charge in [0.05, 0.1) is 5.56 Å². The zero-order chi connectivity index (χ0) is 31.2. The third-order valence-electron chi connectivity index (χ3n) is 7.13. The van der Waals surface area contributed by atoms with Crippen LogP contribution in [-0.4, -0.2) is 25.3 Å². The molecule has 220 valence electrons. The Balaban J connectivity index is 1.41. The molecule has 0 unspecified atom stereocenters. The Morgan fingerprint density at radius 3 is 2.45 bits per heavy atom. The van der Waals surface area contributed by atoms with E-state index in [2.05, 4.69) is 4.72 Å². The van der Waals surface area contributed by atoms with Gasteiger partial charge in [0.1, 0.15) is 21.5 Å². The van der Waals surface area contributed by atoms with E-state index in [0.29, 0.717) is 38.8 Å². The van der Waals surface area contributed by atoms with E-state index in [9.17, 15) is 18.3 Å². The quantitative estimate of drug-likeness (QED) is 0.0973. The zero-order valence-corrected chi connectivity index (χ0v) is 25.5. The Bertz CT molecular complexity index is 2250. The van der Waals surface area contributed by atoms with Crippen LogP contribution in [-0.2, 0) is 10.0 Å². The second-order valence-corrected chi connectivity index (χ2v) is 13.4. The summed E-state index contributed by atoms with van der Waals surface area (Å²) in [5, 5.41) is 20.6. The topological polar surface area (TPSA) is 143 Å². The number of benzene rings is 5. The van der Waals surface area contributed by atoms with Crippen molar-refractivity contribution in [1.82, 2.24) is 0 Å². The molecule has 0 bridgehead atoms. The van der Waals surface area contributed by atoms with E-state index >= 15 is 0 Å². The van der Waals surface area contributed by atoms with Gasteiger partial charge in [0.2, 0.25) is 0 Å². The van der Waals surface area contributed by atoms with E-state index in [1.165, 1.54) is 6.07 Å². The largest absolute Gasteiger partial charge is 0.478 e. The fourth-order valence-corrected chi connectivity index (χ4v) is 7.98. The molecule has 44 heavy (non-hydrogen) atoms. The van der Waals surface area contributed by atoms with Crippen LogP contribution >= 0.6 is 22.9 Å². The average molecular weight is 642 g/mol. The molecule has 0 aliphatic heterocycles. The van der Waals surface area contributed by atoms with Crippen LogP contribution in [0, 0.1) is 12.3 Å². The van der Waals surface area contributed by atoms with Crippen LogP contribution in [0.4, 0.5) is 5.69 Å². The maximum atomic E-state index is 13.6. The highest BCUT2D eigenvalue weighted by Gasteiger charge is 2.23. The number of rotatable bonds is 8. The highest BCUT2D eigenvalue weighted by Crippen LogP contribution is 2.40. The maximum Gasteiger partial charge on any atom is 0.336 e. The van der Waals surface area contributed by atoms with Crippen molar-refractivity contribution in [2.45, 2.75) is 11.1 Å². The van der Waals surface area contributed by atoms with E-state index in [0.717, 1.165) is 32.2 Å². The number of nitrogens with two attached hydrogens (primary N) is 1. The first-order valence-corrected chi connectivity index (χ1v) is 15.9. The number of carboxylic acids is 1. The molecule has 0 saturated heterocycles. The van der Waals surface area contributed by atoms with E-state index in [4.69, 9.17) is 27.5 Å². The Kier molecular flexibility index (Phi) is 7.50. The van der Waals surface area contributed by atoms with Gasteiger partial charge in [-0.1, -0.05) is 48.0 Å². The first-order valence-electron chi connectivity index (χ1n) is 13.2. The van der Waals surface area contributed by atoms with Crippen molar-refractivity contribution in [3.63, 3.8) is 0 Å². The molecule has 5 aromatic carbocycles. The van der Waals surface area contributed by atoms with Gasteiger partial charge in [-0.3, -0.25) is 10.1 Å². The molecule has 8 nitrogen and oxygen atoms in total. The van der Waals surface area contributed by atoms with Crippen LogP contribution in [0.3, 0.4) is 0 Å².